The molecule has 0 atom stereocenters. The van der Waals surface area contributed by atoms with E-state index in [1.807, 2.05) is 35.0 Å². The van der Waals surface area contributed by atoms with E-state index in [9.17, 15) is 4.79 Å². The van der Waals surface area contributed by atoms with Crippen molar-refractivity contribution < 1.29 is 31.2 Å². The van der Waals surface area contributed by atoms with Gasteiger partial charge in [0.05, 0.1) is 18.1 Å². The van der Waals surface area contributed by atoms with Crippen LogP contribution in [0.5, 0.6) is 0 Å². The van der Waals surface area contributed by atoms with Crippen LogP contribution in [0, 0.1) is 6.92 Å². The molecule has 0 aliphatic carbocycles. The number of ether oxygens (including phenoxy) is 1. The number of rotatable bonds is 4. The molecule has 0 aliphatic rings. The minimum Gasteiger partial charge on any atom is -1.00 e. The van der Waals surface area contributed by atoms with Crippen molar-refractivity contribution in [3.8, 4) is 11.3 Å². The Balaban J connectivity index is 0.00000256. The quantitative estimate of drug-likeness (QED) is 0.360. The molecule has 4 rings (SSSR count). The van der Waals surface area contributed by atoms with Gasteiger partial charge in [-0.2, -0.15) is 0 Å². The molecule has 4 aromatic rings. The third kappa shape index (κ3) is 4.19. The fraction of sp³-hybridized carbons (Fsp3) is 0.125. The molecule has 3 aromatic carbocycles. The summed E-state index contributed by atoms with van der Waals surface area (Å²) < 4.78 is 6.70. The third-order valence-electron chi connectivity index (χ3n) is 4.98. The number of carbonyl (C=O) groups is 1. The molecule has 5 nitrogen and oxygen atoms in total. The maximum atomic E-state index is 11.7. The number of aryl methyl sites for hydroxylation is 1. The maximum Gasteiger partial charge on any atom is 0.337 e. The molecule has 2 N–H and O–H groups in total. The van der Waals surface area contributed by atoms with Gasteiger partial charge in [-0.25, -0.2) is 4.79 Å². The molecule has 0 saturated carbocycles. The maximum absolute atomic E-state index is 11.7. The first-order chi connectivity index (χ1) is 14.1. The average Bonchev–Trinajstić information content (AvgIpc) is 2.75. The van der Waals surface area contributed by atoms with E-state index < -0.39 is 0 Å². The molecule has 152 valence electrons. The summed E-state index contributed by atoms with van der Waals surface area (Å²) in [6, 6.07) is 23.8. The second-order valence-corrected chi connectivity index (χ2v) is 6.99. The van der Waals surface area contributed by atoms with Gasteiger partial charge in [-0.15, -0.1) is 0 Å². The smallest absolute Gasteiger partial charge is 0.337 e. The first-order valence-corrected chi connectivity index (χ1v) is 9.39. The summed E-state index contributed by atoms with van der Waals surface area (Å²) in [4.78, 5) is 11.7. The van der Waals surface area contributed by atoms with Gasteiger partial charge in [0.15, 0.2) is 12.4 Å². The second kappa shape index (κ2) is 9.05. The fourth-order valence-electron chi connectivity index (χ4n) is 3.45. The van der Waals surface area contributed by atoms with Gasteiger partial charge in [0.2, 0.25) is 5.69 Å². The van der Waals surface area contributed by atoms with Crippen LogP contribution in [0.1, 0.15) is 21.5 Å². The molecule has 0 amide bonds. The van der Waals surface area contributed by atoms with Crippen molar-refractivity contribution in [3.05, 3.63) is 89.5 Å². The molecule has 0 aliphatic heterocycles. The first kappa shape index (κ1) is 21.5. The summed E-state index contributed by atoms with van der Waals surface area (Å²) in [7, 11) is 1.38. The van der Waals surface area contributed by atoms with Crippen LogP contribution in [-0.4, -0.2) is 18.2 Å². The van der Waals surface area contributed by atoms with Crippen LogP contribution in [0.25, 0.3) is 22.0 Å². The van der Waals surface area contributed by atoms with Crippen LogP contribution in [0.3, 0.4) is 0 Å². The van der Waals surface area contributed by atoms with Gasteiger partial charge >= 0.3 is 5.97 Å². The lowest BCUT2D eigenvalue weighted by Crippen LogP contribution is -3.00. The van der Waals surface area contributed by atoms with E-state index in [1.54, 1.807) is 12.1 Å². The summed E-state index contributed by atoms with van der Waals surface area (Å²) in [5.74, 6) is 0.139. The highest BCUT2D eigenvalue weighted by Crippen LogP contribution is 2.28. The molecule has 0 saturated heterocycles. The number of halogens is 1. The summed E-state index contributed by atoms with van der Waals surface area (Å²) in [6.07, 6.45) is 0. The Morgan fingerprint density at radius 1 is 0.967 bits per heavy atom. The molecule has 0 fully saturated rings. The number of fused-ring (bicyclic) bond motifs is 1. The SMILES string of the molecule is COC(=O)c1ccc(C[n+]2nc(N)c3ccccc3c2-c2ccc(C)cc2)cc1.[Br-]. The molecule has 0 bridgehead atoms. The highest BCUT2D eigenvalue weighted by atomic mass is 79.9. The largest absolute Gasteiger partial charge is 1.00 e. The zero-order valence-electron chi connectivity index (χ0n) is 16.8. The van der Waals surface area contributed by atoms with E-state index in [-0.39, 0.29) is 23.0 Å². The average molecular weight is 464 g/mol. The van der Waals surface area contributed by atoms with Gasteiger partial charge in [-0.05, 0) is 37.3 Å². The van der Waals surface area contributed by atoms with Crippen molar-refractivity contribution in [1.29, 1.82) is 0 Å². The van der Waals surface area contributed by atoms with Crippen LogP contribution >= 0.6 is 0 Å². The van der Waals surface area contributed by atoms with Crippen LogP contribution in [0.2, 0.25) is 0 Å². The minimum absolute atomic E-state index is 0. The van der Waals surface area contributed by atoms with E-state index in [0.29, 0.717) is 17.9 Å². The normalized spacial score (nSPS) is 10.5. The van der Waals surface area contributed by atoms with E-state index in [0.717, 1.165) is 27.6 Å². The lowest BCUT2D eigenvalue weighted by molar-refractivity contribution is -0.733. The monoisotopic (exact) mass is 463 g/mol. The summed E-state index contributed by atoms with van der Waals surface area (Å²) in [5.41, 5.74) is 11.1. The predicted molar refractivity (Wildman–Crippen MR) is 113 cm³/mol. The highest BCUT2D eigenvalue weighted by molar-refractivity contribution is 5.98. The fourth-order valence-corrected chi connectivity index (χ4v) is 3.45. The lowest BCUT2D eigenvalue weighted by Gasteiger charge is -2.09. The zero-order chi connectivity index (χ0) is 20.4. The Morgan fingerprint density at radius 3 is 2.23 bits per heavy atom. The Bertz CT molecular complexity index is 1190. The molecule has 0 unspecified atom stereocenters. The van der Waals surface area contributed by atoms with Crippen molar-refractivity contribution in [2.24, 2.45) is 0 Å². The Labute approximate surface area is 185 Å². The summed E-state index contributed by atoms with van der Waals surface area (Å²) in [5, 5.41) is 6.65. The summed E-state index contributed by atoms with van der Waals surface area (Å²) >= 11 is 0. The number of nitrogens with zero attached hydrogens (tertiary/aromatic N) is 2. The Kier molecular flexibility index (Phi) is 6.47. The number of esters is 1. The lowest BCUT2D eigenvalue weighted by atomic mass is 10.0. The van der Waals surface area contributed by atoms with Gasteiger partial charge in [-0.3, -0.25) is 0 Å². The van der Waals surface area contributed by atoms with Gasteiger partial charge in [0, 0.05) is 21.6 Å². The number of hydrogen-bond donors (Lipinski definition) is 1. The number of benzene rings is 3. The number of nitrogen functional groups attached to an aromatic ring is 1. The van der Waals surface area contributed by atoms with E-state index in [1.165, 1.54) is 12.7 Å². The second-order valence-electron chi connectivity index (χ2n) is 6.99. The van der Waals surface area contributed by atoms with Crippen LogP contribution < -0.4 is 27.4 Å². The van der Waals surface area contributed by atoms with Crippen molar-refractivity contribution in [2.75, 3.05) is 12.8 Å². The molecular weight excluding hydrogens is 442 g/mol. The van der Waals surface area contributed by atoms with E-state index in [2.05, 4.69) is 42.4 Å². The van der Waals surface area contributed by atoms with Crippen LogP contribution in [-0.2, 0) is 11.3 Å². The third-order valence-corrected chi connectivity index (χ3v) is 4.98. The van der Waals surface area contributed by atoms with Crippen LogP contribution in [0.15, 0.2) is 72.8 Å². The molecule has 1 aromatic heterocycles. The number of aromatic nitrogens is 2. The van der Waals surface area contributed by atoms with Gasteiger partial charge in [0.1, 0.15) is 0 Å². The van der Waals surface area contributed by atoms with Crippen molar-refractivity contribution >= 4 is 22.6 Å². The predicted octanol–water partition coefficient (Wildman–Crippen LogP) is 0.919. The topological polar surface area (TPSA) is 69.1 Å². The van der Waals surface area contributed by atoms with Gasteiger partial charge < -0.3 is 27.5 Å². The first-order valence-electron chi connectivity index (χ1n) is 9.39. The molecule has 0 spiro atoms. The number of carbonyl (C=O) groups excluding carboxylic acids is 1. The number of nitrogens with two attached hydrogens (primary N) is 1. The van der Waals surface area contributed by atoms with E-state index >= 15 is 0 Å². The number of hydrogen-bond acceptors (Lipinski definition) is 4. The number of methoxy groups -OCH3 is 1. The highest BCUT2D eigenvalue weighted by Gasteiger charge is 2.22. The van der Waals surface area contributed by atoms with Crippen molar-refractivity contribution in [3.63, 3.8) is 0 Å². The van der Waals surface area contributed by atoms with Gasteiger partial charge in [-0.1, -0.05) is 52.7 Å². The van der Waals surface area contributed by atoms with E-state index in [4.69, 9.17) is 10.5 Å². The van der Waals surface area contributed by atoms with Crippen LogP contribution in [0.4, 0.5) is 5.82 Å². The Morgan fingerprint density at radius 2 is 1.60 bits per heavy atom. The Hall–Kier alpha value is -3.25. The molecular formula is C24H22BrN3O2. The molecule has 0 radical (unpaired) electrons. The standard InChI is InChI=1S/C24H22N3O2.BrH/c1-16-7-11-18(12-8-16)22-20-5-3-4-6-21(20)23(25)26-27(22)15-17-9-13-19(14-10-17)24(28)29-2;/h3-14H,15H2,1-2H3,(H2,25,26);1H/q+1;/p-1. The van der Waals surface area contributed by atoms with Crippen molar-refractivity contribution in [1.82, 2.24) is 5.10 Å². The zero-order valence-corrected chi connectivity index (χ0v) is 18.4. The minimum atomic E-state index is -0.349. The van der Waals surface area contributed by atoms with Crippen molar-refractivity contribution in [2.45, 2.75) is 13.5 Å². The molecule has 6 heteroatoms. The molecule has 30 heavy (non-hydrogen) atoms. The molecule has 1 heterocycles. The number of anilines is 1. The van der Waals surface area contributed by atoms with Gasteiger partial charge in [0.25, 0.3) is 0 Å². The summed E-state index contributed by atoms with van der Waals surface area (Å²) in [6.45, 7) is 2.60.